The van der Waals surface area contributed by atoms with Gasteiger partial charge in [-0.1, -0.05) is 12.8 Å². The molecule has 0 unspecified atom stereocenters. The van der Waals surface area contributed by atoms with Crippen molar-refractivity contribution in [1.29, 1.82) is 0 Å². The number of ether oxygens (including phenoxy) is 1. The molecule has 5 nitrogen and oxygen atoms in total. The summed E-state index contributed by atoms with van der Waals surface area (Å²) in [5.41, 5.74) is 0.741. The minimum atomic E-state index is -0.479. The maximum absolute atomic E-state index is 10.9. The molecule has 0 bridgehead atoms. The van der Waals surface area contributed by atoms with Gasteiger partial charge in [-0.25, -0.2) is 0 Å². The molecule has 1 aromatic rings. The molecule has 0 radical (unpaired) electrons. The van der Waals surface area contributed by atoms with Gasteiger partial charge in [0.25, 0.3) is 0 Å². The molecule has 1 aliphatic heterocycles. The molecule has 122 valence electrons. The van der Waals surface area contributed by atoms with Gasteiger partial charge in [-0.15, -0.1) is 0 Å². The van der Waals surface area contributed by atoms with Crippen LogP contribution in [0.2, 0.25) is 0 Å². The van der Waals surface area contributed by atoms with Crippen LogP contribution in [0.5, 0.6) is 5.75 Å². The zero-order valence-electron chi connectivity index (χ0n) is 13.3. The molecule has 22 heavy (non-hydrogen) atoms. The van der Waals surface area contributed by atoms with Crippen LogP contribution in [0.25, 0.3) is 0 Å². The highest BCUT2D eigenvalue weighted by Crippen LogP contribution is 2.16. The first kappa shape index (κ1) is 16.8. The van der Waals surface area contributed by atoms with Crippen LogP contribution < -0.4 is 10.1 Å². The lowest BCUT2D eigenvalue weighted by atomic mass is 10.2. The summed E-state index contributed by atoms with van der Waals surface area (Å²) in [5, 5.41) is 12.8. The molecule has 2 N–H and O–H groups in total. The summed E-state index contributed by atoms with van der Waals surface area (Å²) in [7, 11) is 0. The summed E-state index contributed by atoms with van der Waals surface area (Å²) in [6, 6.07) is 7.17. The van der Waals surface area contributed by atoms with E-state index in [1.165, 1.54) is 32.6 Å². The van der Waals surface area contributed by atoms with E-state index in [0.29, 0.717) is 12.3 Å². The first-order valence-corrected chi connectivity index (χ1v) is 8.04. The number of amides is 1. The lowest BCUT2D eigenvalue weighted by molar-refractivity contribution is -0.114. The molecule has 5 heteroatoms. The number of nitrogens with zero attached hydrogens (tertiary/aromatic N) is 1. The SMILES string of the molecule is CC(=O)Nc1ccc(OC[C@@H](O)CN2CCCCCC2)cc1. The maximum Gasteiger partial charge on any atom is 0.221 e. The van der Waals surface area contributed by atoms with E-state index in [1.54, 1.807) is 24.3 Å². The molecule has 1 aliphatic rings. The Morgan fingerprint density at radius 2 is 1.86 bits per heavy atom. The molecular weight excluding hydrogens is 280 g/mol. The van der Waals surface area contributed by atoms with Crippen LogP contribution in [0.1, 0.15) is 32.6 Å². The number of rotatable bonds is 6. The van der Waals surface area contributed by atoms with Crippen LogP contribution in [0.15, 0.2) is 24.3 Å². The molecule has 2 rings (SSSR count). The van der Waals surface area contributed by atoms with Crippen molar-refractivity contribution < 1.29 is 14.6 Å². The third kappa shape index (κ3) is 6.03. The van der Waals surface area contributed by atoms with E-state index < -0.39 is 6.10 Å². The Morgan fingerprint density at radius 1 is 1.23 bits per heavy atom. The van der Waals surface area contributed by atoms with Crippen LogP contribution in [0.3, 0.4) is 0 Å². The molecule has 1 saturated heterocycles. The fraction of sp³-hybridized carbons (Fsp3) is 0.588. The van der Waals surface area contributed by atoms with Crippen molar-refractivity contribution >= 4 is 11.6 Å². The van der Waals surface area contributed by atoms with Crippen molar-refractivity contribution in [2.45, 2.75) is 38.7 Å². The van der Waals surface area contributed by atoms with Gasteiger partial charge in [0.2, 0.25) is 5.91 Å². The smallest absolute Gasteiger partial charge is 0.221 e. The van der Waals surface area contributed by atoms with Gasteiger partial charge in [0.05, 0.1) is 0 Å². The summed E-state index contributed by atoms with van der Waals surface area (Å²) >= 11 is 0. The Morgan fingerprint density at radius 3 is 2.45 bits per heavy atom. The third-order valence-corrected chi connectivity index (χ3v) is 3.78. The van der Waals surface area contributed by atoms with E-state index in [9.17, 15) is 9.90 Å². The van der Waals surface area contributed by atoms with E-state index in [2.05, 4.69) is 10.2 Å². The number of β-amino-alcohol motifs (C(OH)–C–C–N with tert-alkyl or cyclic N) is 1. The van der Waals surface area contributed by atoms with Crippen LogP contribution >= 0.6 is 0 Å². The van der Waals surface area contributed by atoms with Gasteiger partial charge >= 0.3 is 0 Å². The average Bonchev–Trinajstić information content (AvgIpc) is 2.74. The van der Waals surface area contributed by atoms with E-state index in [4.69, 9.17) is 4.74 Å². The van der Waals surface area contributed by atoms with Crippen molar-refractivity contribution in [3.63, 3.8) is 0 Å². The Bertz CT molecular complexity index is 453. The zero-order valence-corrected chi connectivity index (χ0v) is 13.3. The molecule has 0 spiro atoms. The highest BCUT2D eigenvalue weighted by atomic mass is 16.5. The lowest BCUT2D eigenvalue weighted by Crippen LogP contribution is -2.36. The van der Waals surface area contributed by atoms with Crippen LogP contribution in [-0.4, -0.2) is 48.3 Å². The Kier molecular flexibility index (Phi) is 6.68. The second-order valence-electron chi connectivity index (χ2n) is 5.89. The molecule has 1 heterocycles. The number of carbonyl (C=O) groups excluding carboxylic acids is 1. The van der Waals surface area contributed by atoms with E-state index in [1.807, 2.05) is 0 Å². The zero-order chi connectivity index (χ0) is 15.8. The predicted octanol–water partition coefficient (Wildman–Crippen LogP) is 2.26. The fourth-order valence-corrected chi connectivity index (χ4v) is 2.70. The number of aliphatic hydroxyl groups excluding tert-OH is 1. The van der Waals surface area contributed by atoms with Crippen LogP contribution in [0.4, 0.5) is 5.69 Å². The van der Waals surface area contributed by atoms with Gasteiger partial charge < -0.3 is 20.1 Å². The summed E-state index contributed by atoms with van der Waals surface area (Å²) in [5.74, 6) is 0.602. The molecule has 1 amide bonds. The molecule has 1 fully saturated rings. The average molecular weight is 306 g/mol. The number of anilines is 1. The van der Waals surface area contributed by atoms with Gasteiger partial charge in [0.1, 0.15) is 18.5 Å². The van der Waals surface area contributed by atoms with E-state index in [-0.39, 0.29) is 12.5 Å². The van der Waals surface area contributed by atoms with Crippen LogP contribution in [0, 0.1) is 0 Å². The number of hydrogen-bond donors (Lipinski definition) is 2. The van der Waals surface area contributed by atoms with E-state index in [0.717, 1.165) is 18.8 Å². The number of benzene rings is 1. The maximum atomic E-state index is 10.9. The quantitative estimate of drug-likeness (QED) is 0.846. The second kappa shape index (κ2) is 8.76. The minimum absolute atomic E-state index is 0.0958. The van der Waals surface area contributed by atoms with E-state index >= 15 is 0 Å². The van der Waals surface area contributed by atoms with Crippen LogP contribution in [-0.2, 0) is 4.79 Å². The monoisotopic (exact) mass is 306 g/mol. The summed E-state index contributed by atoms with van der Waals surface area (Å²) in [6.45, 7) is 4.58. The predicted molar refractivity (Wildman–Crippen MR) is 87.2 cm³/mol. The molecular formula is C17H26N2O3. The molecule has 0 aromatic heterocycles. The first-order valence-electron chi connectivity index (χ1n) is 8.04. The number of carbonyl (C=O) groups is 1. The second-order valence-corrected chi connectivity index (χ2v) is 5.89. The topological polar surface area (TPSA) is 61.8 Å². The summed E-state index contributed by atoms with van der Waals surface area (Å²) < 4.78 is 5.61. The van der Waals surface area contributed by atoms with Crippen molar-refractivity contribution in [3.8, 4) is 5.75 Å². The minimum Gasteiger partial charge on any atom is -0.491 e. The van der Waals surface area contributed by atoms with Gasteiger partial charge in [0.15, 0.2) is 0 Å². The van der Waals surface area contributed by atoms with Gasteiger partial charge in [-0.3, -0.25) is 4.79 Å². The summed E-state index contributed by atoms with van der Waals surface area (Å²) in [6.07, 6.45) is 4.55. The largest absolute Gasteiger partial charge is 0.491 e. The first-order chi connectivity index (χ1) is 10.6. The Hall–Kier alpha value is -1.59. The highest BCUT2D eigenvalue weighted by Gasteiger charge is 2.14. The fourth-order valence-electron chi connectivity index (χ4n) is 2.70. The molecule has 0 aliphatic carbocycles. The summed E-state index contributed by atoms with van der Waals surface area (Å²) in [4.78, 5) is 13.3. The number of aliphatic hydroxyl groups is 1. The number of hydrogen-bond acceptors (Lipinski definition) is 4. The normalized spacial score (nSPS) is 17.5. The van der Waals surface area contributed by atoms with Crippen molar-refractivity contribution in [3.05, 3.63) is 24.3 Å². The number of likely N-dealkylation sites (tertiary alicyclic amines) is 1. The number of nitrogens with one attached hydrogen (secondary N) is 1. The molecule has 1 aromatic carbocycles. The molecule has 1 atom stereocenters. The van der Waals surface area contributed by atoms with Gasteiger partial charge in [0, 0.05) is 19.2 Å². The van der Waals surface area contributed by atoms with Crippen molar-refractivity contribution in [1.82, 2.24) is 4.90 Å². The Balaban J connectivity index is 1.73. The van der Waals surface area contributed by atoms with Gasteiger partial charge in [-0.05, 0) is 50.2 Å². The highest BCUT2D eigenvalue weighted by molar-refractivity contribution is 5.88. The van der Waals surface area contributed by atoms with Crippen molar-refractivity contribution in [2.24, 2.45) is 0 Å². The van der Waals surface area contributed by atoms with Crippen molar-refractivity contribution in [2.75, 3.05) is 31.6 Å². The molecule has 0 saturated carbocycles. The lowest BCUT2D eigenvalue weighted by Gasteiger charge is -2.23. The van der Waals surface area contributed by atoms with Gasteiger partial charge in [-0.2, -0.15) is 0 Å². The standard InChI is InChI=1S/C17H26N2O3/c1-14(20)18-15-6-8-17(9-7-15)22-13-16(21)12-19-10-4-2-3-5-11-19/h6-9,16,21H,2-5,10-13H2,1H3,(H,18,20)/t16-/m0/s1. The third-order valence-electron chi connectivity index (χ3n) is 3.78. The Labute approximate surface area is 132 Å².